The highest BCUT2D eigenvalue weighted by molar-refractivity contribution is 5.05. The third-order valence-electron chi connectivity index (χ3n) is 2.86. The summed E-state index contributed by atoms with van der Waals surface area (Å²) in [6.45, 7) is 9.24. The summed E-state index contributed by atoms with van der Waals surface area (Å²) < 4.78 is 0. The van der Waals surface area contributed by atoms with Crippen LogP contribution >= 0.6 is 0 Å². The van der Waals surface area contributed by atoms with Crippen LogP contribution in [0, 0.1) is 17.8 Å². The molecule has 12 heavy (non-hydrogen) atoms. The molecule has 2 unspecified atom stereocenters. The first-order valence-electron chi connectivity index (χ1n) is 4.94. The Bertz CT molecular complexity index is 170. The Balaban J connectivity index is 2.69. The molecule has 70 valence electrons. The molecule has 2 atom stereocenters. The summed E-state index contributed by atoms with van der Waals surface area (Å²) in [5.74, 6) is 2.26. The fourth-order valence-corrected chi connectivity index (χ4v) is 2.25. The van der Waals surface area contributed by atoms with Crippen LogP contribution in [0.5, 0.6) is 0 Å². The van der Waals surface area contributed by atoms with Gasteiger partial charge in [0.1, 0.15) is 0 Å². The van der Waals surface area contributed by atoms with Crippen LogP contribution in [0.3, 0.4) is 0 Å². The lowest BCUT2D eigenvalue weighted by atomic mass is 9.84. The van der Waals surface area contributed by atoms with Crippen molar-refractivity contribution in [3.05, 3.63) is 12.3 Å². The summed E-state index contributed by atoms with van der Waals surface area (Å²) in [6.07, 6.45) is 4.59. The van der Waals surface area contributed by atoms with E-state index in [1.165, 1.54) is 0 Å². The highest BCUT2D eigenvalue weighted by Gasteiger charge is 2.31. The van der Waals surface area contributed by atoms with E-state index in [0.29, 0.717) is 6.04 Å². The van der Waals surface area contributed by atoms with E-state index in [0.717, 1.165) is 17.8 Å². The van der Waals surface area contributed by atoms with Gasteiger partial charge in [0.2, 0.25) is 0 Å². The molecule has 0 spiro atoms. The zero-order valence-electron chi connectivity index (χ0n) is 8.91. The van der Waals surface area contributed by atoms with Crippen molar-refractivity contribution in [2.24, 2.45) is 17.8 Å². The topological polar surface area (TPSA) is 3.24 Å². The van der Waals surface area contributed by atoms with Gasteiger partial charge in [-0.05, 0) is 18.0 Å². The first kappa shape index (κ1) is 9.63. The lowest BCUT2D eigenvalue weighted by Crippen LogP contribution is -2.35. The highest BCUT2D eigenvalue weighted by Crippen LogP contribution is 2.30. The van der Waals surface area contributed by atoms with Crippen molar-refractivity contribution in [2.75, 3.05) is 7.05 Å². The molecule has 0 aromatic rings. The van der Waals surface area contributed by atoms with E-state index < -0.39 is 0 Å². The van der Waals surface area contributed by atoms with E-state index in [2.05, 4.69) is 51.9 Å². The number of hydrogen-bond donors (Lipinski definition) is 0. The predicted molar refractivity (Wildman–Crippen MR) is 53.9 cm³/mol. The summed E-state index contributed by atoms with van der Waals surface area (Å²) in [6, 6.07) is 0.713. The minimum Gasteiger partial charge on any atom is -0.377 e. The average Bonchev–Trinajstić information content (AvgIpc) is 2.30. The van der Waals surface area contributed by atoms with Crippen molar-refractivity contribution >= 4 is 0 Å². The Kier molecular flexibility index (Phi) is 2.81. The van der Waals surface area contributed by atoms with Gasteiger partial charge in [0.05, 0.1) is 0 Å². The predicted octanol–water partition coefficient (Wildman–Crippen LogP) is 2.74. The van der Waals surface area contributed by atoms with Crippen LogP contribution in [0.1, 0.15) is 27.7 Å². The molecule has 0 aromatic carbocycles. The highest BCUT2D eigenvalue weighted by atomic mass is 15.1. The second-order valence-electron chi connectivity index (χ2n) is 4.56. The lowest BCUT2D eigenvalue weighted by molar-refractivity contribution is 0.200. The van der Waals surface area contributed by atoms with Crippen molar-refractivity contribution in [1.82, 2.24) is 4.90 Å². The zero-order chi connectivity index (χ0) is 9.30. The Hall–Kier alpha value is -0.460. The maximum absolute atomic E-state index is 2.36. The van der Waals surface area contributed by atoms with Gasteiger partial charge in [-0.25, -0.2) is 0 Å². The molecule has 1 aliphatic heterocycles. The standard InChI is InChI=1S/C11H21N/c1-8(2)10-6-7-12(5)11(10)9(3)4/h6-11H,1-5H3. The van der Waals surface area contributed by atoms with E-state index in [1.54, 1.807) is 0 Å². The average molecular weight is 167 g/mol. The minimum atomic E-state index is 0.713. The van der Waals surface area contributed by atoms with Crippen LogP contribution in [0.4, 0.5) is 0 Å². The van der Waals surface area contributed by atoms with Crippen molar-refractivity contribution in [3.63, 3.8) is 0 Å². The molecular weight excluding hydrogens is 146 g/mol. The van der Waals surface area contributed by atoms with E-state index in [1.807, 2.05) is 0 Å². The van der Waals surface area contributed by atoms with Crippen LogP contribution in [0.15, 0.2) is 12.3 Å². The van der Waals surface area contributed by atoms with Crippen LogP contribution in [-0.2, 0) is 0 Å². The molecule has 0 saturated heterocycles. The molecule has 0 aromatic heterocycles. The van der Waals surface area contributed by atoms with Gasteiger partial charge in [0.25, 0.3) is 0 Å². The maximum atomic E-state index is 2.36. The molecule has 0 amide bonds. The second-order valence-corrected chi connectivity index (χ2v) is 4.56. The number of nitrogens with zero attached hydrogens (tertiary/aromatic N) is 1. The summed E-state index contributed by atoms with van der Waals surface area (Å²) >= 11 is 0. The van der Waals surface area contributed by atoms with Gasteiger partial charge in [0, 0.05) is 19.0 Å². The monoisotopic (exact) mass is 167 g/mol. The maximum Gasteiger partial charge on any atom is 0.0369 e. The smallest absolute Gasteiger partial charge is 0.0369 e. The van der Waals surface area contributed by atoms with Gasteiger partial charge in [-0.15, -0.1) is 0 Å². The quantitative estimate of drug-likeness (QED) is 0.611. The van der Waals surface area contributed by atoms with Crippen LogP contribution in [-0.4, -0.2) is 18.0 Å². The summed E-state index contributed by atoms with van der Waals surface area (Å²) in [5.41, 5.74) is 0. The van der Waals surface area contributed by atoms with Crippen molar-refractivity contribution in [2.45, 2.75) is 33.7 Å². The van der Waals surface area contributed by atoms with E-state index in [-0.39, 0.29) is 0 Å². The van der Waals surface area contributed by atoms with Gasteiger partial charge in [-0.1, -0.05) is 33.8 Å². The first-order valence-corrected chi connectivity index (χ1v) is 4.94. The number of rotatable bonds is 2. The third kappa shape index (κ3) is 1.65. The fourth-order valence-electron chi connectivity index (χ4n) is 2.25. The summed E-state index contributed by atoms with van der Waals surface area (Å²) in [4.78, 5) is 2.36. The van der Waals surface area contributed by atoms with Crippen molar-refractivity contribution in [1.29, 1.82) is 0 Å². The molecule has 1 aliphatic rings. The molecule has 0 radical (unpaired) electrons. The number of hydrogen-bond acceptors (Lipinski definition) is 1. The van der Waals surface area contributed by atoms with Crippen molar-refractivity contribution < 1.29 is 0 Å². The molecule has 0 bridgehead atoms. The summed E-state index contributed by atoms with van der Waals surface area (Å²) in [5, 5.41) is 0. The van der Waals surface area contributed by atoms with Gasteiger partial charge in [-0.3, -0.25) is 0 Å². The molecule has 1 rings (SSSR count). The van der Waals surface area contributed by atoms with Crippen molar-refractivity contribution in [3.8, 4) is 0 Å². The Morgan fingerprint density at radius 3 is 2.00 bits per heavy atom. The van der Waals surface area contributed by atoms with E-state index >= 15 is 0 Å². The normalized spacial score (nSPS) is 29.4. The van der Waals surface area contributed by atoms with Crippen LogP contribution < -0.4 is 0 Å². The molecule has 0 N–H and O–H groups in total. The fraction of sp³-hybridized carbons (Fsp3) is 0.818. The second kappa shape index (κ2) is 3.51. The Labute approximate surface area is 76.5 Å². The largest absolute Gasteiger partial charge is 0.377 e. The minimum absolute atomic E-state index is 0.713. The summed E-state index contributed by atoms with van der Waals surface area (Å²) in [7, 11) is 2.18. The molecule has 1 nitrogen and oxygen atoms in total. The SMILES string of the molecule is CC(C)C1C=CN(C)C1C(C)C. The van der Waals surface area contributed by atoms with Gasteiger partial charge < -0.3 is 4.90 Å². The first-order chi connectivity index (χ1) is 5.54. The molecule has 0 saturated carbocycles. The van der Waals surface area contributed by atoms with E-state index in [4.69, 9.17) is 0 Å². The van der Waals surface area contributed by atoms with Gasteiger partial charge >= 0.3 is 0 Å². The van der Waals surface area contributed by atoms with Gasteiger partial charge in [-0.2, -0.15) is 0 Å². The lowest BCUT2D eigenvalue weighted by Gasteiger charge is -2.32. The molecule has 1 heteroatoms. The van der Waals surface area contributed by atoms with Crippen LogP contribution in [0.2, 0.25) is 0 Å². The zero-order valence-corrected chi connectivity index (χ0v) is 8.91. The Morgan fingerprint density at radius 1 is 1.08 bits per heavy atom. The molecular formula is C11H21N. The van der Waals surface area contributed by atoms with E-state index in [9.17, 15) is 0 Å². The third-order valence-corrected chi connectivity index (χ3v) is 2.86. The molecule has 0 fully saturated rings. The van der Waals surface area contributed by atoms with Crippen LogP contribution in [0.25, 0.3) is 0 Å². The Morgan fingerprint density at radius 2 is 1.67 bits per heavy atom. The molecule has 0 aliphatic carbocycles. The molecule has 1 heterocycles. The van der Waals surface area contributed by atoms with Gasteiger partial charge in [0.15, 0.2) is 0 Å².